The first-order valence-corrected chi connectivity index (χ1v) is 9.52. The molecule has 29 heavy (non-hydrogen) atoms. The smallest absolute Gasteiger partial charge is 0.306 e. The molecule has 3 aromatic rings. The summed E-state index contributed by atoms with van der Waals surface area (Å²) in [6.45, 7) is 0.229. The molecule has 0 spiro atoms. The monoisotopic (exact) mass is 429 g/mol. The number of rotatable bonds is 7. The molecule has 1 amide bonds. The number of esters is 1. The summed E-state index contributed by atoms with van der Waals surface area (Å²) in [6.07, 6.45) is 6.82. The number of hydrogen-bond donors (Lipinski definition) is 1. The van der Waals surface area contributed by atoms with Crippen LogP contribution in [-0.2, 0) is 22.6 Å². The molecule has 0 fully saturated rings. The summed E-state index contributed by atoms with van der Waals surface area (Å²) in [6, 6.07) is 10.8. The van der Waals surface area contributed by atoms with Gasteiger partial charge in [0.25, 0.3) is 5.91 Å². The Kier molecular flexibility index (Phi) is 7.16. The van der Waals surface area contributed by atoms with Gasteiger partial charge >= 0.3 is 5.97 Å². The van der Waals surface area contributed by atoms with Gasteiger partial charge in [-0.25, -0.2) is 0 Å². The Morgan fingerprint density at radius 3 is 2.21 bits per heavy atom. The third-order valence-corrected chi connectivity index (χ3v) is 4.63. The van der Waals surface area contributed by atoms with Crippen LogP contribution in [0.15, 0.2) is 61.2 Å². The van der Waals surface area contributed by atoms with Crippen molar-refractivity contribution < 1.29 is 14.3 Å². The van der Waals surface area contributed by atoms with E-state index < -0.39 is 5.91 Å². The first-order chi connectivity index (χ1) is 14.0. The molecule has 1 N–H and O–H groups in total. The van der Waals surface area contributed by atoms with Crippen LogP contribution in [0.25, 0.3) is 0 Å². The van der Waals surface area contributed by atoms with Crippen molar-refractivity contribution >= 4 is 40.8 Å². The highest BCUT2D eigenvalue weighted by atomic mass is 35.5. The van der Waals surface area contributed by atoms with Crippen molar-refractivity contribution in [3.8, 4) is 0 Å². The third-order valence-electron chi connectivity index (χ3n) is 4.06. The van der Waals surface area contributed by atoms with Crippen LogP contribution < -0.4 is 5.32 Å². The summed E-state index contributed by atoms with van der Waals surface area (Å²) < 4.78 is 5.24. The van der Waals surface area contributed by atoms with Crippen LogP contribution in [0.4, 0.5) is 5.69 Å². The van der Waals surface area contributed by atoms with E-state index in [1.54, 1.807) is 36.7 Å². The topological polar surface area (TPSA) is 81.2 Å². The number of aromatic nitrogens is 2. The number of anilines is 1. The molecule has 0 radical (unpaired) electrons. The fraction of sp³-hybridized carbons (Fsp3) is 0.143. The maximum Gasteiger partial charge on any atom is 0.306 e. The molecule has 6 nitrogen and oxygen atoms in total. The summed E-state index contributed by atoms with van der Waals surface area (Å²) in [5.74, 6) is -0.698. The molecule has 2 heterocycles. The zero-order valence-electron chi connectivity index (χ0n) is 15.3. The van der Waals surface area contributed by atoms with Gasteiger partial charge in [-0.3, -0.25) is 19.6 Å². The molecule has 2 aromatic heterocycles. The highest BCUT2D eigenvalue weighted by Crippen LogP contribution is 2.24. The third kappa shape index (κ3) is 6.01. The lowest BCUT2D eigenvalue weighted by Gasteiger charge is -2.09. The maximum atomic E-state index is 12.4. The zero-order chi connectivity index (χ0) is 20.6. The van der Waals surface area contributed by atoms with E-state index in [2.05, 4.69) is 15.3 Å². The molecule has 8 heteroatoms. The average molecular weight is 430 g/mol. The molecule has 0 aliphatic carbocycles. The Hall–Kier alpha value is -2.96. The average Bonchev–Trinajstić information content (AvgIpc) is 2.72. The van der Waals surface area contributed by atoms with Crippen molar-refractivity contribution in [2.75, 3.05) is 5.32 Å². The predicted octanol–water partition coefficient (Wildman–Crippen LogP) is 4.71. The van der Waals surface area contributed by atoms with Crippen LogP contribution in [0.2, 0.25) is 10.0 Å². The highest BCUT2D eigenvalue weighted by molar-refractivity contribution is 6.40. The maximum absolute atomic E-state index is 12.4. The van der Waals surface area contributed by atoms with Crippen LogP contribution in [-0.4, -0.2) is 21.8 Å². The number of amides is 1. The number of aryl methyl sites for hydroxylation is 1. The van der Waals surface area contributed by atoms with Gasteiger partial charge in [-0.05, 0) is 41.8 Å². The van der Waals surface area contributed by atoms with Gasteiger partial charge in [-0.2, -0.15) is 0 Å². The molecule has 0 atom stereocenters. The Morgan fingerprint density at radius 2 is 1.55 bits per heavy atom. The zero-order valence-corrected chi connectivity index (χ0v) is 16.8. The van der Waals surface area contributed by atoms with E-state index in [1.807, 2.05) is 12.1 Å². The van der Waals surface area contributed by atoms with Crippen LogP contribution in [0.3, 0.4) is 0 Å². The Morgan fingerprint density at radius 1 is 0.897 bits per heavy atom. The minimum absolute atomic E-state index is 0.171. The van der Waals surface area contributed by atoms with Crippen molar-refractivity contribution in [1.29, 1.82) is 0 Å². The van der Waals surface area contributed by atoms with Crippen LogP contribution in [0.5, 0.6) is 0 Å². The Labute approximate surface area is 177 Å². The molecular weight excluding hydrogens is 413 g/mol. The second-order valence-electron chi connectivity index (χ2n) is 6.15. The summed E-state index contributed by atoms with van der Waals surface area (Å²) in [5, 5.41) is 3.09. The van der Waals surface area contributed by atoms with Crippen molar-refractivity contribution in [3.05, 3.63) is 87.9 Å². The quantitative estimate of drug-likeness (QED) is 0.549. The molecule has 0 unspecified atom stereocenters. The van der Waals surface area contributed by atoms with Crippen LogP contribution >= 0.6 is 23.2 Å². The van der Waals surface area contributed by atoms with Crippen molar-refractivity contribution in [3.63, 3.8) is 0 Å². The van der Waals surface area contributed by atoms with E-state index in [9.17, 15) is 9.59 Å². The molecule has 0 bridgehead atoms. The SMILES string of the molecule is O=C(CCc1ccc(NC(=O)c2c(Cl)cncc2Cl)cc1)OCc1ccncc1. The van der Waals surface area contributed by atoms with Gasteiger partial charge in [0, 0.05) is 36.9 Å². The number of nitrogens with zero attached hydrogens (tertiary/aromatic N) is 2. The van der Waals surface area contributed by atoms with Gasteiger partial charge in [-0.15, -0.1) is 0 Å². The number of carbonyl (C=O) groups excluding carboxylic acids is 2. The van der Waals surface area contributed by atoms with Crippen molar-refractivity contribution in [2.45, 2.75) is 19.4 Å². The number of carbonyl (C=O) groups is 2. The van der Waals surface area contributed by atoms with E-state index in [1.165, 1.54) is 12.4 Å². The fourth-order valence-electron chi connectivity index (χ4n) is 2.54. The summed E-state index contributed by atoms with van der Waals surface area (Å²) in [7, 11) is 0. The van der Waals surface area contributed by atoms with Crippen molar-refractivity contribution in [2.24, 2.45) is 0 Å². The lowest BCUT2D eigenvalue weighted by atomic mass is 10.1. The molecule has 0 saturated heterocycles. The highest BCUT2D eigenvalue weighted by Gasteiger charge is 2.15. The fourth-order valence-corrected chi connectivity index (χ4v) is 3.07. The molecule has 0 aliphatic rings. The van der Waals surface area contributed by atoms with Gasteiger partial charge in [0.05, 0.1) is 15.6 Å². The standard InChI is InChI=1S/C21H17Cl2N3O3/c22-17-11-25-12-18(23)20(17)21(28)26-16-4-1-14(2-5-16)3-6-19(27)29-13-15-7-9-24-10-8-15/h1-2,4-5,7-12H,3,6,13H2,(H,26,28). The van der Waals surface area contributed by atoms with Gasteiger partial charge in [0.1, 0.15) is 6.61 Å². The van der Waals surface area contributed by atoms with Gasteiger partial charge < -0.3 is 10.1 Å². The summed E-state index contributed by atoms with van der Waals surface area (Å²) >= 11 is 12.0. The van der Waals surface area contributed by atoms with E-state index in [-0.39, 0.29) is 34.6 Å². The first-order valence-electron chi connectivity index (χ1n) is 8.77. The molecule has 1 aromatic carbocycles. The second kappa shape index (κ2) is 10.0. The van der Waals surface area contributed by atoms with E-state index in [4.69, 9.17) is 27.9 Å². The lowest BCUT2D eigenvalue weighted by molar-refractivity contribution is -0.144. The minimum Gasteiger partial charge on any atom is -0.461 e. The lowest BCUT2D eigenvalue weighted by Crippen LogP contribution is -2.13. The van der Waals surface area contributed by atoms with Crippen molar-refractivity contribution in [1.82, 2.24) is 9.97 Å². The van der Waals surface area contributed by atoms with E-state index in [0.717, 1.165) is 11.1 Å². The largest absolute Gasteiger partial charge is 0.461 e. The van der Waals surface area contributed by atoms with Gasteiger partial charge in [0.15, 0.2) is 0 Å². The Bertz CT molecular complexity index is 976. The number of nitrogens with one attached hydrogen (secondary N) is 1. The Balaban J connectivity index is 1.50. The first kappa shape index (κ1) is 20.8. The second-order valence-corrected chi connectivity index (χ2v) is 6.96. The number of benzene rings is 1. The molecule has 0 saturated carbocycles. The number of hydrogen-bond acceptors (Lipinski definition) is 5. The molecule has 0 aliphatic heterocycles. The predicted molar refractivity (Wildman–Crippen MR) is 111 cm³/mol. The summed E-state index contributed by atoms with van der Waals surface area (Å²) in [4.78, 5) is 32.0. The molecular formula is C21H17Cl2N3O3. The van der Waals surface area contributed by atoms with Crippen LogP contribution in [0, 0.1) is 0 Å². The normalized spacial score (nSPS) is 10.4. The minimum atomic E-state index is -0.421. The van der Waals surface area contributed by atoms with E-state index >= 15 is 0 Å². The molecule has 148 valence electrons. The van der Waals surface area contributed by atoms with Crippen LogP contribution in [0.1, 0.15) is 27.9 Å². The molecule has 3 rings (SSSR count). The van der Waals surface area contributed by atoms with E-state index in [0.29, 0.717) is 12.1 Å². The number of pyridine rings is 2. The summed E-state index contributed by atoms with van der Waals surface area (Å²) in [5.41, 5.74) is 2.60. The number of halogens is 2. The number of ether oxygens (including phenoxy) is 1. The van der Waals surface area contributed by atoms with Gasteiger partial charge in [-0.1, -0.05) is 35.3 Å². The van der Waals surface area contributed by atoms with Gasteiger partial charge in [0.2, 0.25) is 0 Å².